The van der Waals surface area contributed by atoms with Gasteiger partial charge in [0.25, 0.3) is 0 Å². The van der Waals surface area contributed by atoms with E-state index in [0.717, 1.165) is 11.7 Å². The molecule has 46 valence electrons. The Labute approximate surface area is 55.3 Å². The van der Waals surface area contributed by atoms with Crippen LogP contribution >= 0.6 is 0 Å². The summed E-state index contributed by atoms with van der Waals surface area (Å²) in [6.07, 6.45) is 5.23. The molecule has 0 radical (unpaired) electrons. The molecule has 0 aliphatic carbocycles. The van der Waals surface area contributed by atoms with Gasteiger partial charge >= 0.3 is 54.7 Å². The normalized spacial score (nSPS) is 28.4. The Morgan fingerprint density at radius 3 is 2.88 bits per heavy atom. The van der Waals surface area contributed by atoms with Gasteiger partial charge in [-0.3, -0.25) is 0 Å². The van der Waals surface area contributed by atoms with Crippen molar-refractivity contribution in [3.63, 3.8) is 0 Å². The maximum absolute atomic E-state index is 11.9. The number of halogens is 1. The molecule has 0 amide bonds. The van der Waals surface area contributed by atoms with Crippen molar-refractivity contribution in [2.75, 3.05) is 6.67 Å². The van der Waals surface area contributed by atoms with Crippen molar-refractivity contribution in [1.29, 1.82) is 0 Å². The van der Waals surface area contributed by atoms with Crippen LogP contribution < -0.4 is 0 Å². The number of allylic oxidation sites excluding steroid dienone is 2. The number of alkyl halides is 1. The van der Waals surface area contributed by atoms with Crippen molar-refractivity contribution >= 4 is 15.0 Å². The zero-order valence-electron chi connectivity index (χ0n) is 4.64. The maximum atomic E-state index is 11.9. The second-order valence-corrected chi connectivity index (χ2v) is 4.61. The Kier molecular flexibility index (Phi) is 2.57. The van der Waals surface area contributed by atoms with Crippen molar-refractivity contribution < 1.29 is 4.39 Å². The first-order valence-electron chi connectivity index (χ1n) is 2.76. The van der Waals surface area contributed by atoms with Gasteiger partial charge in [-0.15, -0.1) is 0 Å². The van der Waals surface area contributed by atoms with Gasteiger partial charge in [-0.2, -0.15) is 0 Å². The summed E-state index contributed by atoms with van der Waals surface area (Å²) < 4.78 is 11.9. The predicted octanol–water partition coefficient (Wildman–Crippen LogP) is 1.83. The van der Waals surface area contributed by atoms with Gasteiger partial charge in [0, 0.05) is 0 Å². The van der Waals surface area contributed by atoms with E-state index >= 15 is 0 Å². The van der Waals surface area contributed by atoms with Crippen LogP contribution in [0, 0.1) is 0 Å². The summed E-state index contributed by atoms with van der Waals surface area (Å²) >= 11 is 0.559. The molecular formula is C6H9FSe. The molecule has 0 aromatic heterocycles. The molecule has 1 rings (SSSR count). The molecule has 0 spiro atoms. The van der Waals surface area contributed by atoms with Gasteiger partial charge in [0.1, 0.15) is 0 Å². The van der Waals surface area contributed by atoms with Gasteiger partial charge in [-0.1, -0.05) is 0 Å². The van der Waals surface area contributed by atoms with Gasteiger partial charge in [-0.25, -0.2) is 0 Å². The Hall–Kier alpha value is 0.189. The molecule has 0 fully saturated rings. The van der Waals surface area contributed by atoms with Gasteiger partial charge in [-0.05, 0) is 0 Å². The molecule has 8 heavy (non-hydrogen) atoms. The van der Waals surface area contributed by atoms with Crippen molar-refractivity contribution in [2.24, 2.45) is 0 Å². The third kappa shape index (κ3) is 1.61. The topological polar surface area (TPSA) is 0 Å². The van der Waals surface area contributed by atoms with Crippen LogP contribution in [-0.4, -0.2) is 21.6 Å². The molecule has 1 atom stereocenters. The minimum absolute atomic E-state index is 0.107. The Morgan fingerprint density at radius 2 is 2.50 bits per heavy atom. The fourth-order valence-electron chi connectivity index (χ4n) is 0.683. The molecule has 1 unspecified atom stereocenters. The van der Waals surface area contributed by atoms with E-state index in [9.17, 15) is 4.39 Å². The van der Waals surface area contributed by atoms with Crippen LogP contribution in [0.15, 0.2) is 12.2 Å². The molecule has 0 bridgehead atoms. The quantitative estimate of drug-likeness (QED) is 0.425. The first kappa shape index (κ1) is 6.31. The van der Waals surface area contributed by atoms with Gasteiger partial charge in [0.2, 0.25) is 0 Å². The molecule has 0 aromatic rings. The summed E-state index contributed by atoms with van der Waals surface area (Å²) in [5.41, 5.74) is 0. The van der Waals surface area contributed by atoms with E-state index in [1.807, 2.05) is 0 Å². The molecule has 1 heterocycles. The fraction of sp³-hybridized carbons (Fsp3) is 0.667. The summed E-state index contributed by atoms with van der Waals surface area (Å²) in [6, 6.07) is 0. The number of hydrogen-bond donors (Lipinski definition) is 0. The SMILES string of the molecule is FCC1CC=CC[Se]1. The zero-order chi connectivity index (χ0) is 5.82. The first-order valence-corrected chi connectivity index (χ1v) is 4.96. The molecule has 0 N–H and O–H groups in total. The van der Waals surface area contributed by atoms with Crippen LogP contribution in [0.3, 0.4) is 0 Å². The predicted molar refractivity (Wildman–Crippen MR) is 34.0 cm³/mol. The molecule has 1 aliphatic heterocycles. The Balaban J connectivity index is 2.27. The molecule has 0 saturated carbocycles. The van der Waals surface area contributed by atoms with Crippen LogP contribution in [0.2, 0.25) is 10.1 Å². The monoisotopic (exact) mass is 180 g/mol. The van der Waals surface area contributed by atoms with Crippen molar-refractivity contribution in [3.8, 4) is 0 Å². The number of rotatable bonds is 1. The van der Waals surface area contributed by atoms with E-state index in [1.165, 1.54) is 0 Å². The minimum atomic E-state index is -0.107. The van der Waals surface area contributed by atoms with Gasteiger partial charge in [0.05, 0.1) is 0 Å². The third-order valence-corrected chi connectivity index (χ3v) is 3.63. The van der Waals surface area contributed by atoms with E-state index in [2.05, 4.69) is 12.2 Å². The van der Waals surface area contributed by atoms with Crippen LogP contribution in [0.1, 0.15) is 6.42 Å². The fourth-order valence-corrected chi connectivity index (χ4v) is 2.48. The van der Waals surface area contributed by atoms with Crippen molar-refractivity contribution in [3.05, 3.63) is 12.2 Å². The van der Waals surface area contributed by atoms with Crippen molar-refractivity contribution in [2.45, 2.75) is 16.6 Å². The molecule has 1 aliphatic rings. The summed E-state index contributed by atoms with van der Waals surface area (Å²) in [5, 5.41) is 1.14. The summed E-state index contributed by atoms with van der Waals surface area (Å²) in [7, 11) is 0. The second-order valence-electron chi connectivity index (χ2n) is 1.82. The Bertz CT molecular complexity index is 90.5. The van der Waals surface area contributed by atoms with E-state index < -0.39 is 0 Å². The molecule has 0 aromatic carbocycles. The van der Waals surface area contributed by atoms with E-state index in [1.54, 1.807) is 0 Å². The summed E-state index contributed by atoms with van der Waals surface area (Å²) in [4.78, 5) is 0.396. The number of hydrogen-bond acceptors (Lipinski definition) is 0. The average molecular weight is 179 g/mol. The molecular weight excluding hydrogens is 170 g/mol. The van der Waals surface area contributed by atoms with E-state index in [4.69, 9.17) is 0 Å². The van der Waals surface area contributed by atoms with Crippen LogP contribution in [-0.2, 0) is 0 Å². The molecule has 0 saturated heterocycles. The van der Waals surface area contributed by atoms with E-state index in [-0.39, 0.29) is 6.67 Å². The molecule has 2 heteroatoms. The molecule has 0 nitrogen and oxygen atoms in total. The third-order valence-electron chi connectivity index (χ3n) is 1.17. The van der Waals surface area contributed by atoms with Crippen LogP contribution in [0.4, 0.5) is 4.39 Å². The van der Waals surface area contributed by atoms with Crippen molar-refractivity contribution in [1.82, 2.24) is 0 Å². The van der Waals surface area contributed by atoms with Gasteiger partial charge < -0.3 is 0 Å². The second kappa shape index (κ2) is 3.26. The first-order chi connectivity index (χ1) is 3.93. The van der Waals surface area contributed by atoms with Crippen LogP contribution in [0.5, 0.6) is 0 Å². The zero-order valence-corrected chi connectivity index (χ0v) is 6.35. The van der Waals surface area contributed by atoms with Crippen LogP contribution in [0.25, 0.3) is 0 Å². The summed E-state index contributed by atoms with van der Waals surface area (Å²) in [6.45, 7) is -0.107. The Morgan fingerprint density at radius 1 is 1.62 bits per heavy atom. The van der Waals surface area contributed by atoms with E-state index in [0.29, 0.717) is 19.8 Å². The average Bonchev–Trinajstić information content (AvgIpc) is 1.90. The standard InChI is InChI=1S/C6H9FSe/c7-5-6-3-1-2-4-8-6/h1-2,6H,3-5H2. The summed E-state index contributed by atoms with van der Waals surface area (Å²) in [5.74, 6) is 0. The van der Waals surface area contributed by atoms with Gasteiger partial charge in [0.15, 0.2) is 0 Å².